The fourth-order valence-electron chi connectivity index (χ4n) is 1.11. The van der Waals surface area contributed by atoms with Gasteiger partial charge in [-0.15, -0.1) is 0 Å². The molecule has 0 saturated heterocycles. The lowest BCUT2D eigenvalue weighted by Crippen LogP contribution is -2.12. The van der Waals surface area contributed by atoms with Crippen molar-refractivity contribution in [1.82, 2.24) is 5.32 Å². The van der Waals surface area contributed by atoms with Crippen molar-refractivity contribution in [3.05, 3.63) is 38.9 Å². The maximum absolute atomic E-state index is 10.6. The van der Waals surface area contributed by atoms with E-state index in [9.17, 15) is 10.1 Å². The predicted octanol–water partition coefficient (Wildman–Crippen LogP) is 2.53. The molecule has 1 aromatic rings. The van der Waals surface area contributed by atoms with Gasteiger partial charge in [0.25, 0.3) is 5.69 Å². The van der Waals surface area contributed by atoms with Crippen LogP contribution in [0.1, 0.15) is 18.5 Å². The van der Waals surface area contributed by atoms with E-state index in [-0.39, 0.29) is 16.8 Å². The Kier molecular flexibility index (Phi) is 3.43. The molecule has 4 nitrogen and oxygen atoms in total. The number of hydrogen-bond donors (Lipinski definition) is 1. The molecule has 14 heavy (non-hydrogen) atoms. The van der Waals surface area contributed by atoms with E-state index >= 15 is 0 Å². The van der Waals surface area contributed by atoms with Crippen molar-refractivity contribution >= 4 is 17.3 Å². The van der Waals surface area contributed by atoms with Crippen LogP contribution >= 0.6 is 11.6 Å². The number of nitrogens with one attached hydrogen (secondary N) is 1. The summed E-state index contributed by atoms with van der Waals surface area (Å²) in [6, 6.07) is 4.88. The van der Waals surface area contributed by atoms with Crippen molar-refractivity contribution in [3.63, 3.8) is 0 Å². The summed E-state index contributed by atoms with van der Waals surface area (Å²) in [4.78, 5) is 10.1. The summed E-state index contributed by atoms with van der Waals surface area (Å²) < 4.78 is 0. The first kappa shape index (κ1) is 10.9. The van der Waals surface area contributed by atoms with Crippen LogP contribution in [-0.2, 0) is 0 Å². The highest BCUT2D eigenvalue weighted by Crippen LogP contribution is 2.27. The van der Waals surface area contributed by atoms with E-state index in [0.717, 1.165) is 5.56 Å². The second-order valence-corrected chi connectivity index (χ2v) is 3.39. The van der Waals surface area contributed by atoms with Gasteiger partial charge in [-0.25, -0.2) is 0 Å². The lowest BCUT2D eigenvalue weighted by molar-refractivity contribution is -0.384. The average Bonchev–Trinajstić information content (AvgIpc) is 2.17. The highest BCUT2D eigenvalue weighted by Gasteiger charge is 2.14. The van der Waals surface area contributed by atoms with Gasteiger partial charge in [0.2, 0.25) is 0 Å². The first-order valence-corrected chi connectivity index (χ1v) is 4.55. The Hall–Kier alpha value is -1.13. The molecule has 0 radical (unpaired) electrons. The van der Waals surface area contributed by atoms with Crippen molar-refractivity contribution in [1.29, 1.82) is 0 Å². The number of nitro benzene ring substituents is 1. The molecule has 0 aliphatic heterocycles. The lowest BCUT2D eigenvalue weighted by Gasteiger charge is -2.10. The Labute approximate surface area is 87.0 Å². The van der Waals surface area contributed by atoms with Gasteiger partial charge in [0, 0.05) is 12.1 Å². The first-order valence-electron chi connectivity index (χ1n) is 4.17. The van der Waals surface area contributed by atoms with Gasteiger partial charge < -0.3 is 5.32 Å². The number of rotatable bonds is 3. The molecule has 0 heterocycles. The maximum Gasteiger partial charge on any atom is 0.288 e. The third-order valence-electron chi connectivity index (χ3n) is 2.10. The molecule has 5 heteroatoms. The normalized spacial score (nSPS) is 12.5. The summed E-state index contributed by atoms with van der Waals surface area (Å²) in [7, 11) is 1.80. The third kappa shape index (κ3) is 2.21. The van der Waals surface area contributed by atoms with Crippen LogP contribution in [-0.4, -0.2) is 12.0 Å². The largest absolute Gasteiger partial charge is 0.313 e. The Morgan fingerprint density at radius 3 is 2.71 bits per heavy atom. The van der Waals surface area contributed by atoms with Gasteiger partial charge in [0.05, 0.1) is 4.92 Å². The summed E-state index contributed by atoms with van der Waals surface area (Å²) in [6.07, 6.45) is 0. The van der Waals surface area contributed by atoms with Gasteiger partial charge in [-0.05, 0) is 25.6 Å². The Bertz CT molecular complexity index is 355. The minimum absolute atomic E-state index is 0.0498. The number of benzene rings is 1. The van der Waals surface area contributed by atoms with Gasteiger partial charge in [-0.2, -0.15) is 0 Å². The van der Waals surface area contributed by atoms with Crippen molar-refractivity contribution in [2.75, 3.05) is 7.05 Å². The Balaban J connectivity index is 3.12. The second-order valence-electron chi connectivity index (χ2n) is 2.98. The highest BCUT2D eigenvalue weighted by molar-refractivity contribution is 6.32. The van der Waals surface area contributed by atoms with Crippen LogP contribution in [0, 0.1) is 10.1 Å². The van der Waals surface area contributed by atoms with Crippen molar-refractivity contribution < 1.29 is 4.92 Å². The molecular formula is C9H11ClN2O2. The van der Waals surface area contributed by atoms with Crippen LogP contribution in [0.2, 0.25) is 5.02 Å². The van der Waals surface area contributed by atoms with Crippen LogP contribution in [0.3, 0.4) is 0 Å². The summed E-state index contributed by atoms with van der Waals surface area (Å²) >= 11 is 5.68. The third-order valence-corrected chi connectivity index (χ3v) is 2.42. The molecule has 0 aromatic heterocycles. The molecule has 1 aromatic carbocycles. The molecule has 1 N–H and O–H groups in total. The minimum Gasteiger partial charge on any atom is -0.313 e. The average molecular weight is 215 g/mol. The quantitative estimate of drug-likeness (QED) is 0.622. The summed E-state index contributed by atoms with van der Waals surface area (Å²) in [5.41, 5.74) is 0.801. The SMILES string of the molecule is CN[C@@H](C)c1ccc(Cl)c([N+](=O)[O-])c1. The number of hydrogen-bond acceptors (Lipinski definition) is 3. The van der Waals surface area contributed by atoms with Gasteiger partial charge in [0.15, 0.2) is 0 Å². The Morgan fingerprint density at radius 1 is 1.57 bits per heavy atom. The predicted molar refractivity (Wildman–Crippen MR) is 55.6 cm³/mol. The standard InChI is InChI=1S/C9H11ClN2O2/c1-6(11-2)7-3-4-8(10)9(5-7)12(13)14/h3-6,11H,1-2H3/t6-/m0/s1. The van der Waals surface area contributed by atoms with Crippen LogP contribution in [0.15, 0.2) is 18.2 Å². The summed E-state index contributed by atoms with van der Waals surface area (Å²) in [6.45, 7) is 1.92. The van der Waals surface area contributed by atoms with Gasteiger partial charge in [-0.1, -0.05) is 17.7 Å². The van der Waals surface area contributed by atoms with Crippen molar-refractivity contribution in [3.8, 4) is 0 Å². The second kappa shape index (κ2) is 4.39. The molecule has 0 aliphatic carbocycles. The van der Waals surface area contributed by atoms with E-state index in [0.29, 0.717) is 0 Å². The van der Waals surface area contributed by atoms with E-state index in [1.165, 1.54) is 6.07 Å². The zero-order chi connectivity index (χ0) is 10.7. The molecule has 0 aliphatic rings. The monoisotopic (exact) mass is 214 g/mol. The zero-order valence-corrected chi connectivity index (χ0v) is 8.71. The van der Waals surface area contributed by atoms with Crippen LogP contribution < -0.4 is 5.32 Å². The molecule has 0 bridgehead atoms. The molecular weight excluding hydrogens is 204 g/mol. The van der Waals surface area contributed by atoms with E-state index in [4.69, 9.17) is 11.6 Å². The molecule has 76 valence electrons. The van der Waals surface area contributed by atoms with E-state index in [1.54, 1.807) is 19.2 Å². The first-order chi connectivity index (χ1) is 6.56. The number of halogens is 1. The molecule has 0 amide bonds. The van der Waals surface area contributed by atoms with Crippen LogP contribution in [0.4, 0.5) is 5.69 Å². The van der Waals surface area contributed by atoms with E-state index < -0.39 is 4.92 Å². The smallest absolute Gasteiger partial charge is 0.288 e. The maximum atomic E-state index is 10.6. The molecule has 0 spiro atoms. The van der Waals surface area contributed by atoms with Gasteiger partial charge in [-0.3, -0.25) is 10.1 Å². The molecule has 0 saturated carbocycles. The van der Waals surface area contributed by atoms with Gasteiger partial charge in [0.1, 0.15) is 5.02 Å². The molecule has 0 unspecified atom stereocenters. The Morgan fingerprint density at radius 2 is 2.21 bits per heavy atom. The van der Waals surface area contributed by atoms with Crippen LogP contribution in [0.25, 0.3) is 0 Å². The topological polar surface area (TPSA) is 55.2 Å². The van der Waals surface area contributed by atoms with E-state index in [2.05, 4.69) is 5.32 Å². The lowest BCUT2D eigenvalue weighted by atomic mass is 10.1. The summed E-state index contributed by atoms with van der Waals surface area (Å²) in [5.74, 6) is 0. The number of nitro groups is 1. The molecule has 1 atom stereocenters. The van der Waals surface area contributed by atoms with Crippen LogP contribution in [0.5, 0.6) is 0 Å². The van der Waals surface area contributed by atoms with E-state index in [1.807, 2.05) is 6.92 Å². The summed E-state index contributed by atoms with van der Waals surface area (Å²) in [5, 5.41) is 13.8. The highest BCUT2D eigenvalue weighted by atomic mass is 35.5. The fraction of sp³-hybridized carbons (Fsp3) is 0.333. The molecule has 1 rings (SSSR count). The molecule has 0 fully saturated rings. The fourth-order valence-corrected chi connectivity index (χ4v) is 1.29. The van der Waals surface area contributed by atoms with Crippen molar-refractivity contribution in [2.24, 2.45) is 0 Å². The zero-order valence-electron chi connectivity index (χ0n) is 7.95. The van der Waals surface area contributed by atoms with Crippen molar-refractivity contribution in [2.45, 2.75) is 13.0 Å². The van der Waals surface area contributed by atoms with Gasteiger partial charge >= 0.3 is 0 Å². The number of nitrogens with zero attached hydrogens (tertiary/aromatic N) is 1. The minimum atomic E-state index is -0.478.